The molecule has 0 aliphatic carbocycles. The number of ether oxygens (including phenoxy) is 2. The number of carbonyl (C=O) groups excluding carboxylic acids is 1. The summed E-state index contributed by atoms with van der Waals surface area (Å²) in [6, 6.07) is 15.6. The third kappa shape index (κ3) is 2.24. The Hall–Kier alpha value is -2.69. The summed E-state index contributed by atoms with van der Waals surface area (Å²) in [6.45, 7) is 1.00. The first-order valence-corrected chi connectivity index (χ1v) is 7.33. The highest BCUT2D eigenvalue weighted by Gasteiger charge is 2.33. The van der Waals surface area contributed by atoms with Gasteiger partial charge in [0.15, 0.2) is 11.5 Å². The van der Waals surface area contributed by atoms with Gasteiger partial charge in [0.1, 0.15) is 0 Å². The smallest absolute Gasteiger partial charge is 0.322 e. The zero-order valence-electron chi connectivity index (χ0n) is 12.0. The van der Waals surface area contributed by atoms with Crippen LogP contribution in [0, 0.1) is 0 Å². The molecule has 4 rings (SSSR count). The largest absolute Gasteiger partial charge is 0.454 e. The Kier molecular flexibility index (Phi) is 3.11. The Labute approximate surface area is 128 Å². The van der Waals surface area contributed by atoms with E-state index in [9.17, 15) is 4.79 Å². The van der Waals surface area contributed by atoms with E-state index in [0.717, 1.165) is 13.0 Å². The van der Waals surface area contributed by atoms with Gasteiger partial charge in [0, 0.05) is 18.3 Å². The highest BCUT2D eigenvalue weighted by Crippen LogP contribution is 2.36. The summed E-state index contributed by atoms with van der Waals surface area (Å²) in [6.07, 6.45) is 0.999. The number of urea groups is 1. The lowest BCUT2D eigenvalue weighted by molar-refractivity contribution is 0.126. The first-order chi connectivity index (χ1) is 10.8. The molecule has 0 aromatic heterocycles. The Balaban J connectivity index is 1.46. The molecule has 1 fully saturated rings. The molecular formula is C17H16N2O3. The maximum atomic E-state index is 12.4. The van der Waals surface area contributed by atoms with Crippen molar-refractivity contribution in [3.63, 3.8) is 0 Å². The molecule has 2 heterocycles. The van der Waals surface area contributed by atoms with Crippen LogP contribution in [-0.4, -0.2) is 24.3 Å². The predicted molar refractivity (Wildman–Crippen MR) is 82.1 cm³/mol. The lowest BCUT2D eigenvalue weighted by Crippen LogP contribution is -2.47. The third-order valence-electron chi connectivity index (χ3n) is 4.09. The topological polar surface area (TPSA) is 50.8 Å². The van der Waals surface area contributed by atoms with Gasteiger partial charge < -0.3 is 19.7 Å². The molecule has 22 heavy (non-hydrogen) atoms. The maximum Gasteiger partial charge on any atom is 0.322 e. The number of carbonyl (C=O) groups is 1. The summed E-state index contributed by atoms with van der Waals surface area (Å²) in [5, 5.41) is 2.92. The number of likely N-dealkylation sites (tertiary alicyclic amines) is 1. The standard InChI is InChI=1S/C17H16N2O3/c20-17(18-13-6-7-15-16(10-13)22-11-21-15)19-9-8-14(19)12-4-2-1-3-5-12/h1-7,10,14H,8-9,11H2,(H,18,20)/t14-/m1/s1. The van der Waals surface area contributed by atoms with Crippen LogP contribution in [-0.2, 0) is 0 Å². The lowest BCUT2D eigenvalue weighted by atomic mass is 9.95. The molecule has 2 aromatic rings. The van der Waals surface area contributed by atoms with Gasteiger partial charge in [-0.1, -0.05) is 30.3 Å². The van der Waals surface area contributed by atoms with Gasteiger partial charge in [-0.05, 0) is 24.1 Å². The number of nitrogens with zero attached hydrogens (tertiary/aromatic N) is 1. The molecule has 1 atom stereocenters. The fraction of sp³-hybridized carbons (Fsp3) is 0.235. The van der Waals surface area contributed by atoms with Gasteiger partial charge in [0.05, 0.1) is 6.04 Å². The second kappa shape index (κ2) is 5.26. The third-order valence-corrected chi connectivity index (χ3v) is 4.09. The highest BCUT2D eigenvalue weighted by molar-refractivity contribution is 5.90. The van der Waals surface area contributed by atoms with E-state index in [4.69, 9.17) is 9.47 Å². The first kappa shape index (κ1) is 13.0. The zero-order chi connectivity index (χ0) is 14.9. The number of benzene rings is 2. The molecule has 1 N–H and O–H groups in total. The Bertz CT molecular complexity index is 702. The van der Waals surface area contributed by atoms with Gasteiger partial charge in [-0.2, -0.15) is 0 Å². The molecule has 5 heteroatoms. The van der Waals surface area contributed by atoms with Crippen molar-refractivity contribution in [2.45, 2.75) is 12.5 Å². The molecule has 2 aliphatic rings. The summed E-state index contributed by atoms with van der Waals surface area (Å²) >= 11 is 0. The predicted octanol–water partition coefficient (Wildman–Crippen LogP) is 3.39. The number of amides is 2. The van der Waals surface area contributed by atoms with E-state index >= 15 is 0 Å². The average molecular weight is 296 g/mol. The SMILES string of the molecule is O=C(Nc1ccc2c(c1)OCO2)N1CC[C@@H]1c1ccccc1. The summed E-state index contributed by atoms with van der Waals surface area (Å²) in [7, 11) is 0. The lowest BCUT2D eigenvalue weighted by Gasteiger charge is -2.41. The zero-order valence-corrected chi connectivity index (χ0v) is 12.0. The molecule has 112 valence electrons. The minimum absolute atomic E-state index is 0.0843. The van der Waals surface area contributed by atoms with Crippen molar-refractivity contribution in [3.8, 4) is 11.5 Å². The Morgan fingerprint density at radius 1 is 1.09 bits per heavy atom. The van der Waals surface area contributed by atoms with E-state index in [1.807, 2.05) is 35.2 Å². The number of hydrogen-bond donors (Lipinski definition) is 1. The van der Waals surface area contributed by atoms with E-state index < -0.39 is 0 Å². The normalized spacial score (nSPS) is 18.7. The van der Waals surface area contributed by atoms with E-state index in [0.29, 0.717) is 17.2 Å². The molecule has 0 spiro atoms. The molecule has 2 aromatic carbocycles. The van der Waals surface area contributed by atoms with Crippen molar-refractivity contribution in [1.82, 2.24) is 4.90 Å². The van der Waals surface area contributed by atoms with E-state index in [-0.39, 0.29) is 18.9 Å². The highest BCUT2D eigenvalue weighted by atomic mass is 16.7. The van der Waals surface area contributed by atoms with Crippen LogP contribution in [0.1, 0.15) is 18.0 Å². The van der Waals surface area contributed by atoms with E-state index in [1.54, 1.807) is 6.07 Å². The summed E-state index contributed by atoms with van der Waals surface area (Å²) in [5.41, 5.74) is 1.89. The number of fused-ring (bicyclic) bond motifs is 1. The van der Waals surface area contributed by atoms with Gasteiger partial charge in [0.25, 0.3) is 0 Å². The molecule has 5 nitrogen and oxygen atoms in total. The van der Waals surface area contributed by atoms with Crippen molar-refractivity contribution in [3.05, 3.63) is 54.1 Å². The second-order valence-electron chi connectivity index (χ2n) is 5.41. The molecule has 2 aliphatic heterocycles. The fourth-order valence-electron chi connectivity index (χ4n) is 2.82. The first-order valence-electron chi connectivity index (χ1n) is 7.33. The number of rotatable bonds is 2. The number of hydrogen-bond acceptors (Lipinski definition) is 3. The van der Waals surface area contributed by atoms with Crippen molar-refractivity contribution in [1.29, 1.82) is 0 Å². The van der Waals surface area contributed by atoms with Crippen molar-refractivity contribution in [2.24, 2.45) is 0 Å². The number of anilines is 1. The van der Waals surface area contributed by atoms with Gasteiger partial charge in [-0.25, -0.2) is 4.79 Å². The van der Waals surface area contributed by atoms with Crippen LogP contribution in [0.3, 0.4) is 0 Å². The second-order valence-corrected chi connectivity index (χ2v) is 5.41. The van der Waals surface area contributed by atoms with Crippen LogP contribution >= 0.6 is 0 Å². The molecule has 0 bridgehead atoms. The Morgan fingerprint density at radius 2 is 1.91 bits per heavy atom. The molecule has 1 saturated heterocycles. The van der Waals surface area contributed by atoms with Crippen molar-refractivity contribution in [2.75, 3.05) is 18.7 Å². The summed E-state index contributed by atoms with van der Waals surface area (Å²) in [4.78, 5) is 14.3. The summed E-state index contributed by atoms with van der Waals surface area (Å²) < 4.78 is 10.6. The molecule has 0 saturated carbocycles. The van der Waals surface area contributed by atoms with Crippen LogP contribution in [0.15, 0.2) is 48.5 Å². The van der Waals surface area contributed by atoms with E-state index in [1.165, 1.54) is 5.56 Å². The quantitative estimate of drug-likeness (QED) is 0.924. The Morgan fingerprint density at radius 3 is 2.68 bits per heavy atom. The van der Waals surface area contributed by atoms with Crippen LogP contribution in [0.2, 0.25) is 0 Å². The minimum atomic E-state index is -0.0843. The van der Waals surface area contributed by atoms with Crippen molar-refractivity contribution >= 4 is 11.7 Å². The van der Waals surface area contributed by atoms with Gasteiger partial charge in [0.2, 0.25) is 6.79 Å². The maximum absolute atomic E-state index is 12.4. The monoisotopic (exact) mass is 296 g/mol. The van der Waals surface area contributed by atoms with Crippen LogP contribution in [0.4, 0.5) is 10.5 Å². The number of nitrogens with one attached hydrogen (secondary N) is 1. The molecule has 0 radical (unpaired) electrons. The molecule has 2 amide bonds. The van der Waals surface area contributed by atoms with Crippen LogP contribution < -0.4 is 14.8 Å². The average Bonchev–Trinajstić information content (AvgIpc) is 2.94. The molecule has 0 unspecified atom stereocenters. The van der Waals surface area contributed by atoms with Gasteiger partial charge in [-0.15, -0.1) is 0 Å². The van der Waals surface area contributed by atoms with Crippen molar-refractivity contribution < 1.29 is 14.3 Å². The van der Waals surface area contributed by atoms with E-state index in [2.05, 4.69) is 17.4 Å². The van der Waals surface area contributed by atoms with Gasteiger partial charge >= 0.3 is 6.03 Å². The fourth-order valence-corrected chi connectivity index (χ4v) is 2.82. The van der Waals surface area contributed by atoms with Crippen LogP contribution in [0.25, 0.3) is 0 Å². The summed E-state index contributed by atoms with van der Waals surface area (Å²) in [5.74, 6) is 1.38. The van der Waals surface area contributed by atoms with Gasteiger partial charge in [-0.3, -0.25) is 0 Å². The molecular weight excluding hydrogens is 280 g/mol. The van der Waals surface area contributed by atoms with Crippen LogP contribution in [0.5, 0.6) is 11.5 Å². The minimum Gasteiger partial charge on any atom is -0.454 e.